The molecule has 0 spiro atoms. The molecule has 1 heterocycles. The monoisotopic (exact) mass is 464 g/mol. The van der Waals surface area contributed by atoms with E-state index < -0.39 is 36.5 Å². The van der Waals surface area contributed by atoms with Gasteiger partial charge < -0.3 is 25.2 Å². The van der Waals surface area contributed by atoms with Gasteiger partial charge in [-0.05, 0) is 41.0 Å². The molecule has 2 fully saturated rings. The Morgan fingerprint density at radius 3 is 2.26 bits per heavy atom. The molecule has 8 heteroatoms. The second kappa shape index (κ2) is 9.10. The molecular weight excluding hydrogens is 436 g/mol. The van der Waals surface area contributed by atoms with Crippen molar-refractivity contribution in [2.45, 2.75) is 37.3 Å². The number of carbonyl (C=O) groups is 3. The Bertz CT molecular complexity index is 1070. The first-order valence-electron chi connectivity index (χ1n) is 11.7. The standard InChI is InChI=1S/C26H28N2O6/c29-23-10-9-15-12-28(13-20(15)23)25(32)22(11-24(30)31)27-26(33)34-14-21-18-7-3-1-5-16(18)17-6-2-4-8-19(17)21/h1-8,15,20-23,29H,9-14H2,(H,27,33)(H,30,31)/t15-,20+,22?,23-/m1/s1. The molecule has 2 aromatic rings. The highest BCUT2D eigenvalue weighted by molar-refractivity contribution is 5.89. The first-order chi connectivity index (χ1) is 16.4. The summed E-state index contributed by atoms with van der Waals surface area (Å²) in [5, 5.41) is 21.9. The summed E-state index contributed by atoms with van der Waals surface area (Å²) in [7, 11) is 0. The summed E-state index contributed by atoms with van der Waals surface area (Å²) in [6.45, 7) is 0.935. The topological polar surface area (TPSA) is 116 Å². The highest BCUT2D eigenvalue weighted by Crippen LogP contribution is 2.44. The number of likely N-dealkylation sites (tertiary alicyclic amines) is 1. The van der Waals surface area contributed by atoms with Crippen LogP contribution in [0.25, 0.3) is 11.1 Å². The van der Waals surface area contributed by atoms with Gasteiger partial charge in [-0.2, -0.15) is 0 Å². The Labute approximate surface area is 197 Å². The number of aliphatic hydroxyl groups is 1. The van der Waals surface area contributed by atoms with Crippen LogP contribution in [-0.4, -0.2) is 64.9 Å². The third-order valence-corrected chi connectivity index (χ3v) is 7.44. The lowest BCUT2D eigenvalue weighted by molar-refractivity contribution is -0.142. The van der Waals surface area contributed by atoms with Crippen molar-refractivity contribution < 1.29 is 29.3 Å². The van der Waals surface area contributed by atoms with Crippen LogP contribution >= 0.6 is 0 Å². The molecule has 2 aliphatic carbocycles. The summed E-state index contributed by atoms with van der Waals surface area (Å²) in [6.07, 6.45) is -0.207. The zero-order valence-electron chi connectivity index (χ0n) is 18.7. The van der Waals surface area contributed by atoms with Crippen LogP contribution in [0.15, 0.2) is 48.5 Å². The van der Waals surface area contributed by atoms with Gasteiger partial charge >= 0.3 is 12.1 Å². The molecule has 3 aliphatic rings. The second-order valence-corrected chi connectivity index (χ2v) is 9.43. The summed E-state index contributed by atoms with van der Waals surface area (Å²) in [4.78, 5) is 38.7. The summed E-state index contributed by atoms with van der Waals surface area (Å²) < 4.78 is 5.50. The van der Waals surface area contributed by atoms with Gasteiger partial charge in [-0.1, -0.05) is 48.5 Å². The van der Waals surface area contributed by atoms with Crippen molar-refractivity contribution in [3.05, 3.63) is 59.7 Å². The molecule has 4 atom stereocenters. The number of rotatable bonds is 6. The van der Waals surface area contributed by atoms with E-state index in [4.69, 9.17) is 4.74 Å². The van der Waals surface area contributed by atoms with Gasteiger partial charge in [0.05, 0.1) is 12.5 Å². The Kier molecular flexibility index (Phi) is 6.00. The number of carboxylic acid groups (broad SMARTS) is 1. The van der Waals surface area contributed by atoms with Gasteiger partial charge in [-0.3, -0.25) is 9.59 Å². The largest absolute Gasteiger partial charge is 0.481 e. The molecule has 2 amide bonds. The van der Waals surface area contributed by atoms with Crippen molar-refractivity contribution in [3.63, 3.8) is 0 Å². The number of ether oxygens (including phenoxy) is 1. The van der Waals surface area contributed by atoms with Gasteiger partial charge in [0.15, 0.2) is 0 Å². The van der Waals surface area contributed by atoms with E-state index in [1.165, 1.54) is 0 Å². The van der Waals surface area contributed by atoms with Gasteiger partial charge in [0, 0.05) is 24.9 Å². The summed E-state index contributed by atoms with van der Waals surface area (Å²) in [6, 6.07) is 14.7. The minimum Gasteiger partial charge on any atom is -0.481 e. The number of hydrogen-bond acceptors (Lipinski definition) is 5. The normalized spacial score (nSPS) is 23.7. The minimum atomic E-state index is -1.22. The average molecular weight is 465 g/mol. The number of benzene rings is 2. The number of hydrogen-bond donors (Lipinski definition) is 3. The lowest BCUT2D eigenvalue weighted by Gasteiger charge is -2.24. The SMILES string of the molecule is O=C(O)CC(NC(=O)OCC1c2ccccc2-c2ccccc21)C(=O)N1C[C@H]2CC[C@@H](O)[C@H]2C1. The van der Waals surface area contributed by atoms with Crippen LogP contribution in [0.4, 0.5) is 4.79 Å². The number of aliphatic hydroxyl groups excluding tert-OH is 1. The van der Waals surface area contributed by atoms with Crippen molar-refractivity contribution in [1.82, 2.24) is 10.2 Å². The molecular formula is C26H28N2O6. The second-order valence-electron chi connectivity index (χ2n) is 9.43. The number of amides is 2. The predicted molar refractivity (Wildman–Crippen MR) is 123 cm³/mol. The van der Waals surface area contributed by atoms with E-state index in [0.717, 1.165) is 35.1 Å². The molecule has 0 bridgehead atoms. The van der Waals surface area contributed by atoms with Crippen molar-refractivity contribution in [2.24, 2.45) is 11.8 Å². The molecule has 5 rings (SSSR count). The van der Waals surface area contributed by atoms with Gasteiger partial charge in [0.1, 0.15) is 12.6 Å². The van der Waals surface area contributed by atoms with E-state index in [1.807, 2.05) is 48.5 Å². The Balaban J connectivity index is 1.24. The van der Waals surface area contributed by atoms with E-state index in [-0.39, 0.29) is 24.4 Å². The van der Waals surface area contributed by atoms with E-state index in [0.29, 0.717) is 13.1 Å². The summed E-state index contributed by atoms with van der Waals surface area (Å²) in [5.41, 5.74) is 4.34. The number of nitrogens with zero attached hydrogens (tertiary/aromatic N) is 1. The molecule has 1 saturated heterocycles. The van der Waals surface area contributed by atoms with E-state index in [1.54, 1.807) is 4.90 Å². The highest BCUT2D eigenvalue weighted by Gasteiger charge is 2.44. The number of nitrogens with one attached hydrogen (secondary N) is 1. The molecule has 0 radical (unpaired) electrons. The number of alkyl carbamates (subject to hydrolysis) is 1. The van der Waals surface area contributed by atoms with E-state index >= 15 is 0 Å². The van der Waals surface area contributed by atoms with Crippen LogP contribution in [0, 0.1) is 11.8 Å². The fourth-order valence-electron chi connectivity index (χ4n) is 5.79. The number of carboxylic acids is 1. The minimum absolute atomic E-state index is 0.0175. The van der Waals surface area contributed by atoms with Crippen LogP contribution < -0.4 is 5.32 Å². The number of aliphatic carboxylic acids is 1. The zero-order chi connectivity index (χ0) is 23.8. The van der Waals surface area contributed by atoms with Gasteiger partial charge in [0.25, 0.3) is 0 Å². The maximum Gasteiger partial charge on any atom is 0.407 e. The van der Waals surface area contributed by atoms with Crippen molar-refractivity contribution in [1.29, 1.82) is 0 Å². The van der Waals surface area contributed by atoms with Gasteiger partial charge in [-0.25, -0.2) is 4.79 Å². The van der Waals surface area contributed by atoms with Crippen molar-refractivity contribution in [2.75, 3.05) is 19.7 Å². The lowest BCUT2D eigenvalue weighted by atomic mass is 9.98. The molecule has 178 valence electrons. The summed E-state index contributed by atoms with van der Waals surface area (Å²) in [5.74, 6) is -1.52. The van der Waals surface area contributed by atoms with E-state index in [2.05, 4.69) is 5.32 Å². The van der Waals surface area contributed by atoms with Crippen LogP contribution in [0.1, 0.15) is 36.3 Å². The quantitative estimate of drug-likeness (QED) is 0.605. The average Bonchev–Trinajstić information content (AvgIpc) is 3.49. The van der Waals surface area contributed by atoms with Crippen LogP contribution in [0.5, 0.6) is 0 Å². The number of fused-ring (bicyclic) bond motifs is 4. The molecule has 0 aromatic heterocycles. The smallest absolute Gasteiger partial charge is 0.407 e. The first kappa shape index (κ1) is 22.4. The fourth-order valence-corrected chi connectivity index (χ4v) is 5.79. The number of carbonyl (C=O) groups excluding carboxylic acids is 2. The van der Waals surface area contributed by atoms with Gasteiger partial charge in [-0.15, -0.1) is 0 Å². The maximum atomic E-state index is 13.1. The van der Waals surface area contributed by atoms with E-state index in [9.17, 15) is 24.6 Å². The lowest BCUT2D eigenvalue weighted by Crippen LogP contribution is -2.49. The highest BCUT2D eigenvalue weighted by atomic mass is 16.5. The first-order valence-corrected chi connectivity index (χ1v) is 11.7. The Morgan fingerprint density at radius 2 is 1.65 bits per heavy atom. The molecule has 8 nitrogen and oxygen atoms in total. The molecule has 1 aliphatic heterocycles. The predicted octanol–water partition coefficient (Wildman–Crippen LogP) is 2.60. The molecule has 1 saturated carbocycles. The van der Waals surface area contributed by atoms with Gasteiger partial charge in [0.2, 0.25) is 5.91 Å². The molecule has 1 unspecified atom stereocenters. The van der Waals surface area contributed by atoms with Crippen LogP contribution in [0.3, 0.4) is 0 Å². The van der Waals surface area contributed by atoms with Crippen molar-refractivity contribution >= 4 is 18.0 Å². The molecule has 2 aromatic carbocycles. The zero-order valence-corrected chi connectivity index (χ0v) is 18.7. The van der Waals surface area contributed by atoms with Crippen LogP contribution in [0.2, 0.25) is 0 Å². The Hall–Kier alpha value is -3.39. The summed E-state index contributed by atoms with van der Waals surface area (Å²) >= 11 is 0. The Morgan fingerprint density at radius 1 is 1.00 bits per heavy atom. The fraction of sp³-hybridized carbons (Fsp3) is 0.423. The van der Waals surface area contributed by atoms with Crippen LogP contribution in [-0.2, 0) is 14.3 Å². The third-order valence-electron chi connectivity index (χ3n) is 7.44. The molecule has 34 heavy (non-hydrogen) atoms. The van der Waals surface area contributed by atoms with Crippen molar-refractivity contribution in [3.8, 4) is 11.1 Å². The third kappa shape index (κ3) is 4.14. The maximum absolute atomic E-state index is 13.1. The molecule has 3 N–H and O–H groups in total.